The smallest absolute Gasteiger partial charge is 0.255 e. The molecule has 1 heterocycles. The van der Waals surface area contributed by atoms with Crippen molar-refractivity contribution in [1.82, 2.24) is 10.3 Å². The van der Waals surface area contributed by atoms with Crippen LogP contribution in [0.2, 0.25) is 0 Å². The van der Waals surface area contributed by atoms with Crippen molar-refractivity contribution in [2.75, 3.05) is 19.0 Å². The molecule has 0 atom stereocenters. The maximum atomic E-state index is 13.9. The van der Waals surface area contributed by atoms with Crippen LogP contribution in [0.1, 0.15) is 26.3 Å². The van der Waals surface area contributed by atoms with Crippen molar-refractivity contribution >= 4 is 28.4 Å². The van der Waals surface area contributed by atoms with Crippen LogP contribution in [0.5, 0.6) is 5.75 Å². The Morgan fingerprint density at radius 1 is 0.970 bits per heavy atom. The van der Waals surface area contributed by atoms with Gasteiger partial charge in [-0.05, 0) is 60.5 Å². The first-order valence-corrected chi connectivity index (χ1v) is 10.4. The van der Waals surface area contributed by atoms with E-state index in [1.54, 1.807) is 30.5 Å². The summed E-state index contributed by atoms with van der Waals surface area (Å²) in [4.78, 5) is 29.8. The molecule has 4 rings (SSSR count). The minimum atomic E-state index is -0.557. The van der Waals surface area contributed by atoms with Gasteiger partial charge in [0, 0.05) is 23.7 Å². The molecule has 0 saturated carbocycles. The van der Waals surface area contributed by atoms with Crippen LogP contribution in [0.15, 0.2) is 79.0 Å². The number of hydrogen-bond acceptors (Lipinski definition) is 4. The van der Waals surface area contributed by atoms with Crippen molar-refractivity contribution < 1.29 is 18.7 Å². The van der Waals surface area contributed by atoms with E-state index in [1.165, 1.54) is 19.2 Å². The molecule has 0 aliphatic carbocycles. The van der Waals surface area contributed by atoms with Crippen molar-refractivity contribution in [3.63, 3.8) is 0 Å². The highest BCUT2D eigenvalue weighted by molar-refractivity contribution is 6.09. The Kier molecular flexibility index (Phi) is 6.59. The zero-order valence-electron chi connectivity index (χ0n) is 18.0. The molecule has 0 aliphatic rings. The molecule has 0 spiro atoms. The van der Waals surface area contributed by atoms with E-state index in [-0.39, 0.29) is 11.3 Å². The Morgan fingerprint density at radius 2 is 1.76 bits per heavy atom. The van der Waals surface area contributed by atoms with Crippen LogP contribution in [0.3, 0.4) is 0 Å². The summed E-state index contributed by atoms with van der Waals surface area (Å²) in [6.07, 6.45) is 2.32. The molecule has 1 aromatic heterocycles. The normalized spacial score (nSPS) is 10.6. The number of nitrogens with zero attached hydrogens (tertiary/aromatic N) is 1. The van der Waals surface area contributed by atoms with Crippen LogP contribution in [0.4, 0.5) is 10.1 Å². The third-order valence-electron chi connectivity index (χ3n) is 5.22. The number of fused-ring (bicyclic) bond motifs is 1. The van der Waals surface area contributed by atoms with Crippen molar-refractivity contribution in [2.45, 2.75) is 6.42 Å². The number of benzene rings is 3. The van der Waals surface area contributed by atoms with Crippen LogP contribution >= 0.6 is 0 Å². The molecular formula is C26H22FN3O3. The highest BCUT2D eigenvalue weighted by atomic mass is 19.1. The molecule has 7 heteroatoms. The van der Waals surface area contributed by atoms with Crippen molar-refractivity contribution in [2.24, 2.45) is 0 Å². The number of rotatable bonds is 7. The minimum absolute atomic E-state index is 0.0974. The maximum Gasteiger partial charge on any atom is 0.255 e. The van der Waals surface area contributed by atoms with E-state index in [2.05, 4.69) is 15.6 Å². The standard InChI is InChI=1S/C26H22FN3O3/c1-33-21-10-7-19(8-11-21)25(31)30-23-16-20(27)9-12-22(23)26(32)29-15-13-18-5-2-4-17-6-3-14-28-24(17)18/h2-12,14,16H,13,15H2,1H3,(H,29,32)(H,30,31). The first kappa shape index (κ1) is 22.0. The molecule has 2 N–H and O–H groups in total. The lowest BCUT2D eigenvalue weighted by atomic mass is 10.1. The topological polar surface area (TPSA) is 80.3 Å². The SMILES string of the molecule is COc1ccc(C(=O)Nc2cc(F)ccc2C(=O)NCCc2cccc3cccnc23)cc1. The van der Waals surface area contributed by atoms with Crippen LogP contribution in [-0.2, 0) is 6.42 Å². The number of halogens is 1. The summed E-state index contributed by atoms with van der Waals surface area (Å²) in [6, 6.07) is 19.9. The molecule has 0 bridgehead atoms. The van der Waals surface area contributed by atoms with Gasteiger partial charge in [0.15, 0.2) is 0 Å². The van der Waals surface area contributed by atoms with E-state index in [0.717, 1.165) is 22.5 Å². The molecule has 0 saturated heterocycles. The highest BCUT2D eigenvalue weighted by Gasteiger charge is 2.16. The highest BCUT2D eigenvalue weighted by Crippen LogP contribution is 2.20. The Balaban J connectivity index is 1.45. The molecule has 0 aliphatic heterocycles. The molecule has 166 valence electrons. The van der Waals surface area contributed by atoms with E-state index in [1.807, 2.05) is 30.3 Å². The van der Waals surface area contributed by atoms with Gasteiger partial charge in [-0.15, -0.1) is 0 Å². The van der Waals surface area contributed by atoms with E-state index in [4.69, 9.17) is 4.74 Å². The van der Waals surface area contributed by atoms with Gasteiger partial charge < -0.3 is 15.4 Å². The summed E-state index contributed by atoms with van der Waals surface area (Å²) in [6.45, 7) is 0.359. The van der Waals surface area contributed by atoms with Crippen LogP contribution in [0, 0.1) is 5.82 Å². The van der Waals surface area contributed by atoms with Gasteiger partial charge >= 0.3 is 0 Å². The maximum absolute atomic E-state index is 13.9. The first-order chi connectivity index (χ1) is 16.0. The summed E-state index contributed by atoms with van der Waals surface area (Å²) in [7, 11) is 1.53. The van der Waals surface area contributed by atoms with Crippen molar-refractivity contribution in [1.29, 1.82) is 0 Å². The number of aromatic nitrogens is 1. The van der Waals surface area contributed by atoms with Gasteiger partial charge in [0.1, 0.15) is 11.6 Å². The second-order valence-electron chi connectivity index (χ2n) is 7.37. The number of pyridine rings is 1. The van der Waals surface area contributed by atoms with E-state index < -0.39 is 17.6 Å². The quantitative estimate of drug-likeness (QED) is 0.437. The predicted octanol–water partition coefficient (Wildman–Crippen LogP) is 4.61. The number of carbonyl (C=O) groups is 2. The first-order valence-electron chi connectivity index (χ1n) is 10.4. The van der Waals surface area contributed by atoms with Crippen LogP contribution in [0.25, 0.3) is 10.9 Å². The molecule has 0 fully saturated rings. The monoisotopic (exact) mass is 443 g/mol. The van der Waals surface area contributed by atoms with Gasteiger partial charge in [0.2, 0.25) is 0 Å². The molecule has 33 heavy (non-hydrogen) atoms. The summed E-state index contributed by atoms with van der Waals surface area (Å²) in [5.41, 5.74) is 2.54. The zero-order chi connectivity index (χ0) is 23.2. The number of nitrogens with one attached hydrogen (secondary N) is 2. The third-order valence-corrected chi connectivity index (χ3v) is 5.22. The fraction of sp³-hybridized carbons (Fsp3) is 0.115. The minimum Gasteiger partial charge on any atom is -0.497 e. The van der Waals surface area contributed by atoms with Gasteiger partial charge in [-0.3, -0.25) is 14.6 Å². The lowest BCUT2D eigenvalue weighted by Gasteiger charge is -2.12. The second-order valence-corrected chi connectivity index (χ2v) is 7.37. The fourth-order valence-electron chi connectivity index (χ4n) is 3.53. The molecule has 3 aromatic carbocycles. The zero-order valence-corrected chi connectivity index (χ0v) is 18.0. The van der Waals surface area contributed by atoms with Crippen LogP contribution in [-0.4, -0.2) is 30.5 Å². The molecule has 2 amide bonds. The average Bonchev–Trinajstić information content (AvgIpc) is 2.84. The number of para-hydroxylation sites is 1. The second kappa shape index (κ2) is 9.91. The molecular weight excluding hydrogens is 421 g/mol. The predicted molar refractivity (Wildman–Crippen MR) is 125 cm³/mol. The third kappa shape index (κ3) is 5.15. The van der Waals surface area contributed by atoms with Gasteiger partial charge in [0.25, 0.3) is 11.8 Å². The summed E-state index contributed by atoms with van der Waals surface area (Å²) < 4.78 is 19.0. The van der Waals surface area contributed by atoms with Crippen molar-refractivity contribution in [3.8, 4) is 5.75 Å². The summed E-state index contributed by atoms with van der Waals surface area (Å²) in [5.74, 6) is -0.815. The van der Waals surface area contributed by atoms with E-state index in [0.29, 0.717) is 24.3 Å². The van der Waals surface area contributed by atoms with E-state index >= 15 is 0 Å². The summed E-state index contributed by atoms with van der Waals surface area (Å²) >= 11 is 0. The van der Waals surface area contributed by atoms with Gasteiger partial charge in [-0.25, -0.2) is 4.39 Å². The van der Waals surface area contributed by atoms with Gasteiger partial charge in [0.05, 0.1) is 23.9 Å². The van der Waals surface area contributed by atoms with Crippen LogP contribution < -0.4 is 15.4 Å². The summed E-state index contributed by atoms with van der Waals surface area (Å²) in [5, 5.41) is 6.50. The fourth-order valence-corrected chi connectivity index (χ4v) is 3.53. The number of carbonyl (C=O) groups excluding carboxylic acids is 2. The molecule has 0 unspecified atom stereocenters. The molecule has 0 radical (unpaired) electrons. The molecule has 6 nitrogen and oxygen atoms in total. The number of anilines is 1. The van der Waals surface area contributed by atoms with Gasteiger partial charge in [-0.2, -0.15) is 0 Å². The lowest BCUT2D eigenvalue weighted by Crippen LogP contribution is -2.27. The van der Waals surface area contributed by atoms with Gasteiger partial charge in [-0.1, -0.05) is 24.3 Å². The number of amides is 2. The Labute approximate surface area is 190 Å². The lowest BCUT2D eigenvalue weighted by molar-refractivity contribution is 0.0955. The largest absolute Gasteiger partial charge is 0.497 e. The van der Waals surface area contributed by atoms with E-state index in [9.17, 15) is 14.0 Å². The Bertz CT molecular complexity index is 1300. The Morgan fingerprint density at radius 3 is 2.55 bits per heavy atom. The number of ether oxygens (including phenoxy) is 1. The number of methoxy groups -OCH3 is 1. The molecule has 4 aromatic rings. The number of hydrogen-bond donors (Lipinski definition) is 2. The average molecular weight is 443 g/mol. The van der Waals surface area contributed by atoms with Crippen molar-refractivity contribution in [3.05, 3.63) is 102 Å². The Hall–Kier alpha value is -4.26.